The number of allylic oxidation sites excluding steroid dienone is 1. The molecule has 28 heavy (non-hydrogen) atoms. The summed E-state index contributed by atoms with van der Waals surface area (Å²) in [6.07, 6.45) is -3.12. The van der Waals surface area contributed by atoms with Crippen LogP contribution in [0, 0.1) is 5.92 Å². The molecule has 2 nitrogen and oxygen atoms in total. The molecule has 0 radical (unpaired) electrons. The van der Waals surface area contributed by atoms with Gasteiger partial charge in [-0.3, -0.25) is 0 Å². The first kappa shape index (κ1) is 22.0. The molecule has 0 bridgehead atoms. The lowest BCUT2D eigenvalue weighted by molar-refractivity contribution is -0.137. The van der Waals surface area contributed by atoms with Crippen LogP contribution in [-0.2, 0) is 17.3 Å². The van der Waals surface area contributed by atoms with E-state index >= 15 is 0 Å². The van der Waals surface area contributed by atoms with E-state index < -0.39 is 17.8 Å². The smallest absolute Gasteiger partial charge is 0.416 e. The molecule has 152 valence electrons. The minimum atomic E-state index is -4.38. The van der Waals surface area contributed by atoms with Gasteiger partial charge in [-0.05, 0) is 53.1 Å². The van der Waals surface area contributed by atoms with Gasteiger partial charge in [0.1, 0.15) is 0 Å². The normalized spacial score (nSPS) is 12.9. The monoisotopic (exact) mass is 392 g/mol. The van der Waals surface area contributed by atoms with E-state index in [0.717, 1.165) is 29.7 Å². The molecule has 1 N–H and O–H groups in total. The Morgan fingerprint density at radius 2 is 1.71 bits per heavy atom. The second-order valence-electron chi connectivity index (χ2n) is 7.40. The van der Waals surface area contributed by atoms with Crippen molar-refractivity contribution in [2.75, 3.05) is 7.11 Å². The molecule has 1 atom stereocenters. The lowest BCUT2D eigenvalue weighted by atomic mass is 9.90. The van der Waals surface area contributed by atoms with Gasteiger partial charge in [0.2, 0.25) is 0 Å². The lowest BCUT2D eigenvalue weighted by Gasteiger charge is -2.19. The molecule has 0 heterocycles. The predicted molar refractivity (Wildman–Crippen MR) is 106 cm³/mol. The van der Waals surface area contributed by atoms with E-state index in [0.29, 0.717) is 35.6 Å². The Hall–Kier alpha value is -2.27. The van der Waals surface area contributed by atoms with Gasteiger partial charge in [0.25, 0.3) is 0 Å². The topological polar surface area (TPSA) is 29.5 Å². The Morgan fingerprint density at radius 1 is 1.07 bits per heavy atom. The highest BCUT2D eigenvalue weighted by atomic mass is 19.4. The summed E-state index contributed by atoms with van der Waals surface area (Å²) in [6.45, 7) is 7.99. The number of benzene rings is 2. The molecular weight excluding hydrogens is 365 g/mol. The Bertz CT molecular complexity index is 792. The minimum Gasteiger partial charge on any atom is -0.501 e. The Morgan fingerprint density at radius 3 is 2.25 bits per heavy atom. The quantitative estimate of drug-likeness (QED) is 0.517. The molecule has 1 unspecified atom stereocenters. The maximum absolute atomic E-state index is 12.9. The summed E-state index contributed by atoms with van der Waals surface area (Å²) >= 11 is 0. The molecule has 0 amide bonds. The molecular formula is C23H27F3O2. The highest BCUT2D eigenvalue weighted by Crippen LogP contribution is 2.35. The predicted octanol–water partition coefficient (Wildman–Crippen LogP) is 6.54. The number of hydrogen-bond acceptors (Lipinski definition) is 2. The number of rotatable bonds is 8. The number of methoxy groups -OCH3 is 1. The first-order valence-electron chi connectivity index (χ1n) is 9.32. The number of aliphatic hydroxyl groups is 1. The number of aliphatic hydroxyl groups excluding tert-OH is 1. The molecule has 2 aromatic carbocycles. The zero-order chi connectivity index (χ0) is 20.9. The number of ether oxygens (including phenoxy) is 1. The molecule has 0 saturated heterocycles. The van der Waals surface area contributed by atoms with Gasteiger partial charge in [0, 0.05) is 6.42 Å². The Labute approximate surface area is 164 Å². The van der Waals surface area contributed by atoms with Crippen molar-refractivity contribution in [3.05, 3.63) is 71.5 Å². The van der Waals surface area contributed by atoms with Gasteiger partial charge in [-0.25, -0.2) is 0 Å². The van der Waals surface area contributed by atoms with E-state index in [1.54, 1.807) is 7.11 Å². The zero-order valence-corrected chi connectivity index (χ0v) is 16.5. The van der Waals surface area contributed by atoms with Gasteiger partial charge in [-0.15, -0.1) is 0 Å². The second kappa shape index (κ2) is 9.28. The molecule has 0 saturated carbocycles. The molecule has 0 aliphatic carbocycles. The number of hydrogen-bond donors (Lipinski definition) is 1. The van der Waals surface area contributed by atoms with Crippen molar-refractivity contribution < 1.29 is 23.0 Å². The van der Waals surface area contributed by atoms with E-state index in [2.05, 4.69) is 20.4 Å². The van der Waals surface area contributed by atoms with Crippen molar-refractivity contribution in [3.8, 4) is 11.1 Å². The highest BCUT2D eigenvalue weighted by molar-refractivity contribution is 5.69. The summed E-state index contributed by atoms with van der Waals surface area (Å²) in [5.41, 5.74) is 2.30. The molecule has 2 rings (SSSR count). The van der Waals surface area contributed by atoms with Gasteiger partial charge in [0.05, 0.1) is 24.5 Å². The van der Waals surface area contributed by atoms with Gasteiger partial charge >= 0.3 is 6.18 Å². The maximum Gasteiger partial charge on any atom is 0.416 e. The first-order chi connectivity index (χ1) is 13.1. The standard InChI is InChI=1S/C23H27F3O2/c1-15(2)5-12-22(27)20-11-6-17(13-16(3)28-4)14-21(20)18-7-9-19(10-8-18)23(24,25)26/h6-11,14-15,22,27H,3,5,12-13H2,1-2,4H3. The third kappa shape index (κ3) is 5.86. The van der Waals surface area contributed by atoms with Crippen molar-refractivity contribution in [3.63, 3.8) is 0 Å². The van der Waals surface area contributed by atoms with Crippen molar-refractivity contribution in [2.24, 2.45) is 5.92 Å². The van der Waals surface area contributed by atoms with Crippen LogP contribution in [0.25, 0.3) is 11.1 Å². The van der Waals surface area contributed by atoms with Crippen LogP contribution in [0.1, 0.15) is 49.5 Å². The highest BCUT2D eigenvalue weighted by Gasteiger charge is 2.30. The van der Waals surface area contributed by atoms with Crippen LogP contribution in [0.3, 0.4) is 0 Å². The van der Waals surface area contributed by atoms with Crippen molar-refractivity contribution in [1.29, 1.82) is 0 Å². The summed E-state index contributed by atoms with van der Waals surface area (Å²) in [4.78, 5) is 0. The Balaban J connectivity index is 2.44. The largest absolute Gasteiger partial charge is 0.501 e. The van der Waals surface area contributed by atoms with Crippen molar-refractivity contribution in [1.82, 2.24) is 0 Å². The van der Waals surface area contributed by atoms with Crippen LogP contribution in [-0.4, -0.2) is 12.2 Å². The number of alkyl halides is 3. The second-order valence-corrected chi connectivity index (χ2v) is 7.40. The van der Waals surface area contributed by atoms with E-state index in [9.17, 15) is 18.3 Å². The van der Waals surface area contributed by atoms with Gasteiger partial charge in [-0.2, -0.15) is 13.2 Å². The summed E-state index contributed by atoms with van der Waals surface area (Å²) in [6, 6.07) is 10.7. The van der Waals surface area contributed by atoms with Crippen LogP contribution in [0.4, 0.5) is 13.2 Å². The van der Waals surface area contributed by atoms with Crippen molar-refractivity contribution in [2.45, 2.75) is 45.4 Å². The maximum atomic E-state index is 12.9. The third-order valence-corrected chi connectivity index (χ3v) is 4.71. The molecule has 0 spiro atoms. The number of halogens is 3. The minimum absolute atomic E-state index is 0.452. The fraction of sp³-hybridized carbons (Fsp3) is 0.391. The van der Waals surface area contributed by atoms with Crippen molar-refractivity contribution >= 4 is 0 Å². The molecule has 0 aliphatic heterocycles. The van der Waals surface area contributed by atoms with Crippen LogP contribution in [0.15, 0.2) is 54.8 Å². The van der Waals surface area contributed by atoms with Gasteiger partial charge in [0.15, 0.2) is 0 Å². The van der Waals surface area contributed by atoms with Gasteiger partial charge in [-0.1, -0.05) is 50.8 Å². The average molecular weight is 392 g/mol. The molecule has 0 fully saturated rings. The van der Waals surface area contributed by atoms with E-state index in [1.807, 2.05) is 18.2 Å². The third-order valence-electron chi connectivity index (χ3n) is 4.71. The van der Waals surface area contributed by atoms with Crippen LogP contribution < -0.4 is 0 Å². The van der Waals surface area contributed by atoms with E-state index in [4.69, 9.17) is 4.74 Å². The summed E-state index contributed by atoms with van der Waals surface area (Å²) in [5, 5.41) is 10.7. The Kier molecular flexibility index (Phi) is 7.30. The fourth-order valence-electron chi connectivity index (χ4n) is 3.04. The SMILES string of the molecule is C=C(Cc1ccc(C(O)CCC(C)C)c(-c2ccc(C(F)(F)F)cc2)c1)OC. The fourth-order valence-corrected chi connectivity index (χ4v) is 3.04. The van der Waals surface area contributed by atoms with Gasteiger partial charge < -0.3 is 9.84 Å². The molecule has 0 aliphatic rings. The molecule has 5 heteroatoms. The van der Waals surface area contributed by atoms with Crippen LogP contribution >= 0.6 is 0 Å². The first-order valence-corrected chi connectivity index (χ1v) is 9.32. The van der Waals surface area contributed by atoms with Crippen LogP contribution in [0.5, 0.6) is 0 Å². The lowest BCUT2D eigenvalue weighted by Crippen LogP contribution is -2.05. The summed E-state index contributed by atoms with van der Waals surface area (Å²) in [5.74, 6) is 1.04. The van der Waals surface area contributed by atoms with Crippen LogP contribution in [0.2, 0.25) is 0 Å². The molecule has 0 aromatic heterocycles. The molecule has 2 aromatic rings. The zero-order valence-electron chi connectivity index (χ0n) is 16.5. The van der Waals surface area contributed by atoms with E-state index in [1.165, 1.54) is 12.1 Å². The summed E-state index contributed by atoms with van der Waals surface area (Å²) < 4.78 is 43.8. The average Bonchev–Trinajstić information content (AvgIpc) is 2.65. The summed E-state index contributed by atoms with van der Waals surface area (Å²) in [7, 11) is 1.54. The van der Waals surface area contributed by atoms with E-state index in [-0.39, 0.29) is 0 Å².